The Hall–Kier alpha value is -5.06. The molecule has 0 fully saturated rings. The van der Waals surface area contributed by atoms with E-state index in [1.807, 2.05) is 26.8 Å². The van der Waals surface area contributed by atoms with Crippen molar-refractivity contribution in [3.63, 3.8) is 0 Å². The highest BCUT2D eigenvalue weighted by Gasteiger charge is 2.19. The number of amidine groups is 1. The van der Waals surface area contributed by atoms with Crippen LogP contribution in [0.1, 0.15) is 53.4 Å². The van der Waals surface area contributed by atoms with Gasteiger partial charge in [0.25, 0.3) is 5.91 Å². The maximum atomic E-state index is 13.3. The van der Waals surface area contributed by atoms with Crippen molar-refractivity contribution in [1.82, 2.24) is 5.32 Å². The minimum atomic E-state index is -1.15. The zero-order valence-corrected chi connectivity index (χ0v) is 24.2. The molecule has 0 aromatic heterocycles. The highest BCUT2D eigenvalue weighted by atomic mass is 16.5. The molecule has 0 radical (unpaired) electrons. The lowest BCUT2D eigenvalue weighted by atomic mass is 10.0. The Morgan fingerprint density at radius 2 is 1.74 bits per heavy atom. The summed E-state index contributed by atoms with van der Waals surface area (Å²) >= 11 is 0. The van der Waals surface area contributed by atoms with Gasteiger partial charge in [0.15, 0.2) is 18.1 Å². The van der Waals surface area contributed by atoms with E-state index in [1.165, 1.54) is 0 Å². The lowest BCUT2D eigenvalue weighted by molar-refractivity contribution is -0.139. The molecule has 3 aromatic carbocycles. The molecule has 0 spiro atoms. The summed E-state index contributed by atoms with van der Waals surface area (Å²) in [6.07, 6.45) is 0.0884. The van der Waals surface area contributed by atoms with E-state index in [2.05, 4.69) is 16.0 Å². The largest absolute Gasteiger partial charge is 0.490 e. The fourth-order valence-corrected chi connectivity index (χ4v) is 4.20. The van der Waals surface area contributed by atoms with Crippen molar-refractivity contribution in [3.8, 4) is 11.5 Å². The molecule has 0 saturated heterocycles. The van der Waals surface area contributed by atoms with Gasteiger partial charge in [0.2, 0.25) is 5.91 Å². The first-order valence-electron chi connectivity index (χ1n) is 13.5. The number of carbonyl (C=O) groups is 3. The van der Waals surface area contributed by atoms with Crippen LogP contribution >= 0.6 is 0 Å². The molecule has 11 heteroatoms. The monoisotopic (exact) mass is 575 g/mol. The third-order valence-corrected chi connectivity index (χ3v) is 5.99. The number of carboxylic acid groups (broad SMARTS) is 1. The van der Waals surface area contributed by atoms with E-state index in [0.29, 0.717) is 46.0 Å². The molecule has 0 heterocycles. The summed E-state index contributed by atoms with van der Waals surface area (Å²) in [7, 11) is 0. The van der Waals surface area contributed by atoms with Crippen LogP contribution in [0, 0.1) is 12.3 Å². The number of ether oxygens (including phenoxy) is 2. The van der Waals surface area contributed by atoms with Gasteiger partial charge in [-0.3, -0.25) is 15.0 Å². The molecule has 0 saturated carbocycles. The van der Waals surface area contributed by atoms with E-state index >= 15 is 0 Å². The van der Waals surface area contributed by atoms with Gasteiger partial charge in [-0.05, 0) is 81.8 Å². The number of benzene rings is 3. The SMILES string of the molecule is CCOc1cc(CC(=O)NC(C)C)cc(CNc2ccc(C)cc2C(=O)Nc2ccc(C(=N)N)cc2)c1OCC(=O)O. The fourth-order valence-electron chi connectivity index (χ4n) is 4.20. The van der Waals surface area contributed by atoms with Crippen molar-refractivity contribution in [2.75, 3.05) is 23.8 Å². The number of rotatable bonds is 14. The first kappa shape index (κ1) is 31.5. The maximum Gasteiger partial charge on any atom is 0.341 e. The Kier molecular flexibility index (Phi) is 10.9. The van der Waals surface area contributed by atoms with Crippen molar-refractivity contribution in [1.29, 1.82) is 5.41 Å². The molecule has 0 bridgehead atoms. The van der Waals surface area contributed by atoms with Crippen LogP contribution in [0.4, 0.5) is 11.4 Å². The summed E-state index contributed by atoms with van der Waals surface area (Å²) in [5.74, 6) is -1.18. The maximum absolute atomic E-state index is 13.3. The van der Waals surface area contributed by atoms with Gasteiger partial charge in [-0.1, -0.05) is 11.6 Å². The van der Waals surface area contributed by atoms with E-state index in [4.69, 9.17) is 20.6 Å². The number of carbonyl (C=O) groups excluding carboxylic acids is 2. The summed E-state index contributed by atoms with van der Waals surface area (Å²) < 4.78 is 11.4. The van der Waals surface area contributed by atoms with Gasteiger partial charge in [-0.25, -0.2) is 4.79 Å². The number of carboxylic acids is 1. The number of hydrogen-bond acceptors (Lipinski definition) is 7. The van der Waals surface area contributed by atoms with Crippen LogP contribution in [0.15, 0.2) is 54.6 Å². The molecule has 11 nitrogen and oxygen atoms in total. The lowest BCUT2D eigenvalue weighted by Gasteiger charge is -2.19. The third-order valence-electron chi connectivity index (χ3n) is 5.99. The summed E-state index contributed by atoms with van der Waals surface area (Å²) in [5.41, 5.74) is 9.61. The zero-order chi connectivity index (χ0) is 30.8. The normalized spacial score (nSPS) is 10.6. The smallest absolute Gasteiger partial charge is 0.341 e. The fraction of sp³-hybridized carbons (Fsp3) is 0.290. The molecular weight excluding hydrogens is 538 g/mol. The van der Waals surface area contributed by atoms with Crippen molar-refractivity contribution in [3.05, 3.63) is 82.4 Å². The van der Waals surface area contributed by atoms with Crippen molar-refractivity contribution in [2.45, 2.75) is 46.7 Å². The van der Waals surface area contributed by atoms with Crippen LogP contribution in [0.2, 0.25) is 0 Å². The average Bonchev–Trinajstić information content (AvgIpc) is 2.91. The number of nitrogens with two attached hydrogens (primary N) is 1. The van der Waals surface area contributed by atoms with E-state index in [1.54, 1.807) is 55.5 Å². The van der Waals surface area contributed by atoms with E-state index in [-0.39, 0.29) is 42.4 Å². The molecular formula is C31H37N5O6. The number of anilines is 2. The number of aryl methyl sites for hydroxylation is 1. The number of aliphatic carboxylic acids is 1. The topological polar surface area (TPSA) is 176 Å². The van der Waals surface area contributed by atoms with Gasteiger partial charge in [-0.2, -0.15) is 0 Å². The van der Waals surface area contributed by atoms with E-state index < -0.39 is 12.6 Å². The second-order valence-electron chi connectivity index (χ2n) is 9.94. The van der Waals surface area contributed by atoms with Crippen molar-refractivity contribution < 1.29 is 29.0 Å². The minimum Gasteiger partial charge on any atom is -0.490 e. The Morgan fingerprint density at radius 1 is 1.02 bits per heavy atom. The van der Waals surface area contributed by atoms with Crippen LogP contribution < -0.4 is 31.2 Å². The summed E-state index contributed by atoms with van der Waals surface area (Å²) in [6, 6.07) is 15.4. The first-order valence-corrected chi connectivity index (χ1v) is 13.5. The van der Waals surface area contributed by atoms with E-state index in [0.717, 1.165) is 5.56 Å². The number of nitrogens with one attached hydrogen (secondary N) is 4. The summed E-state index contributed by atoms with van der Waals surface area (Å²) in [4.78, 5) is 37.1. The molecule has 7 N–H and O–H groups in total. The van der Waals surface area contributed by atoms with Gasteiger partial charge >= 0.3 is 5.97 Å². The van der Waals surface area contributed by atoms with Crippen LogP contribution in [0.3, 0.4) is 0 Å². The van der Waals surface area contributed by atoms with Gasteiger partial charge in [0.1, 0.15) is 5.84 Å². The second kappa shape index (κ2) is 14.5. The predicted molar refractivity (Wildman–Crippen MR) is 162 cm³/mol. The molecule has 0 unspecified atom stereocenters. The summed E-state index contributed by atoms with van der Waals surface area (Å²) in [5, 5.41) is 25.8. The number of amides is 2. The Balaban J connectivity index is 1.92. The molecule has 0 atom stereocenters. The standard InChI is InChI=1S/C31H37N5O6/c1-5-41-26-14-20(15-27(37)35-18(2)3)13-22(29(26)42-17-28(38)39)16-34-25-11-6-19(4)12-24(25)31(40)36-23-9-7-21(8-10-23)30(32)33/h6-14,18,34H,5,15-17H2,1-4H3,(H3,32,33)(H,35,37)(H,36,40)(H,38,39). The highest BCUT2D eigenvalue weighted by molar-refractivity contribution is 6.08. The third kappa shape index (κ3) is 8.98. The number of hydrogen-bond donors (Lipinski definition) is 6. The second-order valence-corrected chi connectivity index (χ2v) is 9.94. The van der Waals surface area contributed by atoms with Gasteiger partial charge < -0.3 is 36.3 Å². The van der Waals surface area contributed by atoms with Gasteiger partial charge in [-0.15, -0.1) is 0 Å². The molecule has 0 aliphatic rings. The molecule has 222 valence electrons. The molecule has 0 aliphatic heterocycles. The predicted octanol–water partition coefficient (Wildman–Crippen LogP) is 4.07. The van der Waals surface area contributed by atoms with Crippen LogP contribution in [0.25, 0.3) is 0 Å². The molecule has 2 amide bonds. The Bertz CT molecular complexity index is 1450. The molecule has 3 rings (SSSR count). The molecule has 0 aliphatic carbocycles. The van der Waals surface area contributed by atoms with Gasteiger partial charge in [0.05, 0.1) is 18.6 Å². The zero-order valence-electron chi connectivity index (χ0n) is 24.2. The van der Waals surface area contributed by atoms with Crippen LogP contribution in [-0.2, 0) is 22.6 Å². The quantitative estimate of drug-likeness (QED) is 0.123. The first-order chi connectivity index (χ1) is 20.0. The summed E-state index contributed by atoms with van der Waals surface area (Å²) in [6.45, 7) is 7.28. The highest BCUT2D eigenvalue weighted by Crippen LogP contribution is 2.34. The Morgan fingerprint density at radius 3 is 2.36 bits per heavy atom. The molecule has 42 heavy (non-hydrogen) atoms. The lowest BCUT2D eigenvalue weighted by Crippen LogP contribution is -2.31. The minimum absolute atomic E-state index is 0.0265. The van der Waals surface area contributed by atoms with Crippen LogP contribution in [-0.4, -0.2) is 48.0 Å². The number of nitrogen functional groups attached to an aromatic ring is 1. The van der Waals surface area contributed by atoms with E-state index in [9.17, 15) is 19.5 Å². The van der Waals surface area contributed by atoms with Crippen molar-refractivity contribution >= 4 is 35.0 Å². The average molecular weight is 576 g/mol. The van der Waals surface area contributed by atoms with Gasteiger partial charge in [0, 0.05) is 35.1 Å². The Labute approximate surface area is 244 Å². The van der Waals surface area contributed by atoms with Crippen LogP contribution in [0.5, 0.6) is 11.5 Å². The van der Waals surface area contributed by atoms with Crippen molar-refractivity contribution in [2.24, 2.45) is 5.73 Å². The molecule has 3 aromatic rings.